The van der Waals surface area contributed by atoms with E-state index in [1.807, 2.05) is 30.3 Å². The number of carbonyl (C=O) groups excluding carboxylic acids is 1. The summed E-state index contributed by atoms with van der Waals surface area (Å²) in [4.78, 5) is 12.9. The quantitative estimate of drug-likeness (QED) is 0.537. The highest BCUT2D eigenvalue weighted by Gasteiger charge is 2.19. The van der Waals surface area contributed by atoms with E-state index in [2.05, 4.69) is 26.0 Å². The van der Waals surface area contributed by atoms with Crippen LogP contribution < -0.4 is 14.8 Å². The number of sulfonamides is 1. The number of nitrogens with one attached hydrogen (secondary N) is 2. The van der Waals surface area contributed by atoms with E-state index in [1.165, 1.54) is 31.4 Å². The molecule has 0 aliphatic carbocycles. The van der Waals surface area contributed by atoms with Crippen molar-refractivity contribution in [2.75, 3.05) is 11.8 Å². The number of amides is 1. The molecule has 0 bridgehead atoms. The Kier molecular flexibility index (Phi) is 6.56. The third-order valence-corrected chi connectivity index (χ3v) is 6.05. The zero-order chi connectivity index (χ0) is 20.9. The van der Waals surface area contributed by atoms with Gasteiger partial charge in [0.25, 0.3) is 15.9 Å². The second kappa shape index (κ2) is 9.11. The summed E-state index contributed by atoms with van der Waals surface area (Å²) >= 11 is 3.28. The average molecular weight is 475 g/mol. The molecule has 0 radical (unpaired) electrons. The molecular weight excluding hydrogens is 456 g/mol. The SMILES string of the molecule is COc1ccc(NS(=O)(=O)c2ccc(Br)cc2)c(C(=O)NCc2ccccc2)c1. The molecule has 3 aromatic rings. The topological polar surface area (TPSA) is 84.5 Å². The molecule has 1 amide bonds. The molecule has 6 nitrogen and oxygen atoms in total. The summed E-state index contributed by atoms with van der Waals surface area (Å²) in [7, 11) is -2.39. The van der Waals surface area contributed by atoms with Gasteiger partial charge in [-0.1, -0.05) is 46.3 Å². The van der Waals surface area contributed by atoms with Crippen molar-refractivity contribution in [1.82, 2.24) is 5.32 Å². The van der Waals surface area contributed by atoms with Crippen LogP contribution in [-0.2, 0) is 16.6 Å². The number of methoxy groups -OCH3 is 1. The van der Waals surface area contributed by atoms with E-state index < -0.39 is 15.9 Å². The number of rotatable bonds is 7. The van der Waals surface area contributed by atoms with Crippen molar-refractivity contribution in [3.63, 3.8) is 0 Å². The highest BCUT2D eigenvalue weighted by molar-refractivity contribution is 9.10. The molecular formula is C21H19BrN2O4S. The second-order valence-electron chi connectivity index (χ2n) is 6.14. The fraction of sp³-hybridized carbons (Fsp3) is 0.0952. The van der Waals surface area contributed by atoms with Crippen molar-refractivity contribution in [2.24, 2.45) is 0 Å². The molecule has 0 aromatic heterocycles. The average Bonchev–Trinajstić information content (AvgIpc) is 2.73. The predicted molar refractivity (Wildman–Crippen MR) is 116 cm³/mol. The van der Waals surface area contributed by atoms with Gasteiger partial charge < -0.3 is 10.1 Å². The number of carbonyl (C=O) groups is 1. The van der Waals surface area contributed by atoms with Crippen LogP contribution >= 0.6 is 15.9 Å². The first-order valence-electron chi connectivity index (χ1n) is 8.67. The molecule has 0 aliphatic rings. The second-order valence-corrected chi connectivity index (χ2v) is 8.74. The molecule has 2 N–H and O–H groups in total. The van der Waals surface area contributed by atoms with E-state index in [9.17, 15) is 13.2 Å². The van der Waals surface area contributed by atoms with Crippen LogP contribution in [0.3, 0.4) is 0 Å². The summed E-state index contributed by atoms with van der Waals surface area (Å²) in [6.45, 7) is 0.315. The van der Waals surface area contributed by atoms with Crippen molar-refractivity contribution in [3.05, 3.63) is 88.4 Å². The lowest BCUT2D eigenvalue weighted by Gasteiger charge is -2.14. The van der Waals surface area contributed by atoms with Crippen LogP contribution in [0.15, 0.2) is 82.2 Å². The zero-order valence-corrected chi connectivity index (χ0v) is 18.0. The number of hydrogen-bond acceptors (Lipinski definition) is 4. The van der Waals surface area contributed by atoms with Gasteiger partial charge in [0.15, 0.2) is 0 Å². The van der Waals surface area contributed by atoms with Gasteiger partial charge in [0, 0.05) is 11.0 Å². The molecule has 0 unspecified atom stereocenters. The Labute approximate surface area is 178 Å². The molecule has 0 atom stereocenters. The van der Waals surface area contributed by atoms with Gasteiger partial charge in [-0.3, -0.25) is 9.52 Å². The minimum absolute atomic E-state index is 0.0900. The van der Waals surface area contributed by atoms with Crippen molar-refractivity contribution in [3.8, 4) is 5.75 Å². The van der Waals surface area contributed by atoms with Gasteiger partial charge in [-0.05, 0) is 48.0 Å². The van der Waals surface area contributed by atoms with Crippen molar-refractivity contribution < 1.29 is 17.9 Å². The summed E-state index contributed by atoms with van der Waals surface area (Å²) in [6, 6.07) is 20.3. The van der Waals surface area contributed by atoms with Gasteiger partial charge in [0.1, 0.15) is 5.75 Å². The van der Waals surface area contributed by atoms with Gasteiger partial charge in [-0.15, -0.1) is 0 Å². The molecule has 3 aromatic carbocycles. The fourth-order valence-electron chi connectivity index (χ4n) is 2.62. The molecule has 0 saturated heterocycles. The first kappa shape index (κ1) is 20.9. The molecule has 0 aliphatic heterocycles. The van der Waals surface area contributed by atoms with Crippen LogP contribution in [0.2, 0.25) is 0 Å². The van der Waals surface area contributed by atoms with Crippen LogP contribution in [-0.4, -0.2) is 21.4 Å². The first-order valence-corrected chi connectivity index (χ1v) is 11.0. The molecule has 3 rings (SSSR count). The Balaban J connectivity index is 1.86. The normalized spacial score (nSPS) is 11.0. The van der Waals surface area contributed by atoms with Crippen LogP contribution in [0.1, 0.15) is 15.9 Å². The predicted octanol–water partition coefficient (Wildman–Crippen LogP) is 4.19. The molecule has 8 heteroatoms. The molecule has 0 fully saturated rings. The first-order chi connectivity index (χ1) is 13.9. The monoisotopic (exact) mass is 474 g/mol. The van der Waals surface area contributed by atoms with E-state index in [4.69, 9.17) is 4.74 Å². The van der Waals surface area contributed by atoms with Gasteiger partial charge in [-0.25, -0.2) is 8.42 Å². The van der Waals surface area contributed by atoms with Gasteiger partial charge in [-0.2, -0.15) is 0 Å². The molecule has 150 valence electrons. The highest BCUT2D eigenvalue weighted by Crippen LogP contribution is 2.25. The maximum atomic E-state index is 12.8. The summed E-state index contributed by atoms with van der Waals surface area (Å²) < 4.78 is 33.9. The van der Waals surface area contributed by atoms with E-state index in [0.717, 1.165) is 10.0 Å². The number of halogens is 1. The lowest BCUT2D eigenvalue weighted by Crippen LogP contribution is -2.25. The number of hydrogen-bond donors (Lipinski definition) is 2. The van der Waals surface area contributed by atoms with Crippen molar-refractivity contribution >= 4 is 37.5 Å². The molecule has 0 spiro atoms. The zero-order valence-electron chi connectivity index (χ0n) is 15.6. The summed E-state index contributed by atoms with van der Waals surface area (Å²) in [5, 5.41) is 2.80. The molecule has 0 heterocycles. The third-order valence-electron chi connectivity index (χ3n) is 4.14. The van der Waals surface area contributed by atoms with E-state index >= 15 is 0 Å². The number of anilines is 1. The Bertz CT molecular complexity index is 1100. The van der Waals surface area contributed by atoms with E-state index in [0.29, 0.717) is 12.3 Å². The molecule has 0 saturated carbocycles. The lowest BCUT2D eigenvalue weighted by atomic mass is 10.1. The maximum Gasteiger partial charge on any atom is 0.261 e. The van der Waals surface area contributed by atoms with Crippen molar-refractivity contribution in [2.45, 2.75) is 11.4 Å². The number of ether oxygens (including phenoxy) is 1. The standard InChI is InChI=1S/C21H19BrN2O4S/c1-28-17-9-12-20(24-29(26,27)18-10-7-16(22)8-11-18)19(13-17)21(25)23-14-15-5-3-2-4-6-15/h2-13,24H,14H2,1H3,(H,23,25). The Morgan fingerprint density at radius 2 is 1.69 bits per heavy atom. The Hall–Kier alpha value is -2.84. The molecule has 29 heavy (non-hydrogen) atoms. The summed E-state index contributed by atoms with van der Waals surface area (Å²) in [5.41, 5.74) is 1.26. The third kappa shape index (κ3) is 5.36. The summed E-state index contributed by atoms with van der Waals surface area (Å²) in [5.74, 6) is 0.0303. The number of benzene rings is 3. The Morgan fingerprint density at radius 1 is 1.00 bits per heavy atom. The van der Waals surface area contributed by atoms with Gasteiger partial charge >= 0.3 is 0 Å². The van der Waals surface area contributed by atoms with Crippen LogP contribution in [0.25, 0.3) is 0 Å². The van der Waals surface area contributed by atoms with Gasteiger partial charge in [0.2, 0.25) is 0 Å². The summed E-state index contributed by atoms with van der Waals surface area (Å²) in [6.07, 6.45) is 0. The maximum absolute atomic E-state index is 12.8. The largest absolute Gasteiger partial charge is 0.497 e. The van der Waals surface area contributed by atoms with Crippen LogP contribution in [0.5, 0.6) is 5.75 Å². The smallest absolute Gasteiger partial charge is 0.261 e. The van der Waals surface area contributed by atoms with Gasteiger partial charge in [0.05, 0.1) is 23.3 Å². The van der Waals surface area contributed by atoms with Crippen LogP contribution in [0.4, 0.5) is 5.69 Å². The highest BCUT2D eigenvalue weighted by atomic mass is 79.9. The minimum Gasteiger partial charge on any atom is -0.497 e. The Morgan fingerprint density at radius 3 is 2.34 bits per heavy atom. The fourth-order valence-corrected chi connectivity index (χ4v) is 3.96. The van der Waals surface area contributed by atoms with Crippen LogP contribution in [0, 0.1) is 0 Å². The van der Waals surface area contributed by atoms with E-state index in [-0.39, 0.29) is 16.1 Å². The lowest BCUT2D eigenvalue weighted by molar-refractivity contribution is 0.0951. The minimum atomic E-state index is -3.86. The van der Waals surface area contributed by atoms with Crippen molar-refractivity contribution in [1.29, 1.82) is 0 Å². The van der Waals surface area contributed by atoms with E-state index in [1.54, 1.807) is 18.2 Å².